The summed E-state index contributed by atoms with van der Waals surface area (Å²) in [5, 5.41) is 12.6. The van der Waals surface area contributed by atoms with Gasteiger partial charge < -0.3 is 5.11 Å². The summed E-state index contributed by atoms with van der Waals surface area (Å²) in [6.07, 6.45) is 2.48. The van der Waals surface area contributed by atoms with E-state index in [0.717, 1.165) is 4.68 Å². The molecule has 0 aliphatic heterocycles. The van der Waals surface area contributed by atoms with Gasteiger partial charge in [0.15, 0.2) is 0 Å². The molecule has 1 aromatic heterocycles. The number of aromatic carboxylic acids is 1. The van der Waals surface area contributed by atoms with Crippen LogP contribution in [0.25, 0.3) is 0 Å². The Kier molecular flexibility index (Phi) is 2.65. The van der Waals surface area contributed by atoms with Crippen LogP contribution in [0.2, 0.25) is 0 Å². The Balaban J connectivity index is 2.35. The van der Waals surface area contributed by atoms with E-state index in [-0.39, 0.29) is 18.5 Å². The average molecular weight is 230 g/mol. The summed E-state index contributed by atoms with van der Waals surface area (Å²) in [5.41, 5.74) is -0.174. The lowest BCUT2D eigenvalue weighted by atomic mass is 9.91. The highest BCUT2D eigenvalue weighted by Crippen LogP contribution is 2.41. The SMILES string of the molecule is O=C(O)c1ccnn1C1CCCCC1(F)F. The molecule has 0 aromatic carbocycles. The monoisotopic (exact) mass is 230 g/mol. The molecule has 1 aromatic rings. The van der Waals surface area contributed by atoms with Crippen LogP contribution in [0.5, 0.6) is 0 Å². The summed E-state index contributed by atoms with van der Waals surface area (Å²) in [4.78, 5) is 10.8. The van der Waals surface area contributed by atoms with Crippen LogP contribution in [0, 0.1) is 0 Å². The Morgan fingerprint density at radius 3 is 2.94 bits per heavy atom. The predicted octanol–water partition coefficient (Wildman–Crippen LogP) is 2.33. The van der Waals surface area contributed by atoms with Crippen molar-refractivity contribution < 1.29 is 18.7 Å². The van der Waals surface area contributed by atoms with Gasteiger partial charge in [0, 0.05) is 12.6 Å². The molecule has 0 bridgehead atoms. The van der Waals surface area contributed by atoms with Gasteiger partial charge in [0.2, 0.25) is 0 Å². The zero-order valence-corrected chi connectivity index (χ0v) is 8.57. The molecule has 1 unspecified atom stereocenters. The number of alkyl halides is 2. The Morgan fingerprint density at radius 2 is 2.31 bits per heavy atom. The van der Waals surface area contributed by atoms with E-state index in [0.29, 0.717) is 12.8 Å². The predicted molar refractivity (Wildman–Crippen MR) is 51.6 cm³/mol. The maximum absolute atomic E-state index is 13.6. The van der Waals surface area contributed by atoms with E-state index in [1.807, 2.05) is 0 Å². The molecule has 1 heterocycles. The first kappa shape index (κ1) is 11.0. The van der Waals surface area contributed by atoms with Crippen molar-refractivity contribution >= 4 is 5.97 Å². The molecular weight excluding hydrogens is 218 g/mol. The van der Waals surface area contributed by atoms with E-state index in [2.05, 4.69) is 5.10 Å². The van der Waals surface area contributed by atoms with Crippen molar-refractivity contribution in [3.8, 4) is 0 Å². The second-order valence-corrected chi connectivity index (χ2v) is 3.99. The summed E-state index contributed by atoms with van der Waals surface area (Å²) in [7, 11) is 0. The molecule has 0 saturated heterocycles. The van der Waals surface area contributed by atoms with Crippen LogP contribution in [0.4, 0.5) is 8.78 Å². The van der Waals surface area contributed by atoms with Crippen LogP contribution < -0.4 is 0 Å². The summed E-state index contributed by atoms with van der Waals surface area (Å²) in [6, 6.07) is 0.120. The molecule has 4 nitrogen and oxygen atoms in total. The van der Waals surface area contributed by atoms with Crippen LogP contribution >= 0.6 is 0 Å². The number of nitrogens with zero attached hydrogens (tertiary/aromatic N) is 2. The van der Waals surface area contributed by atoms with E-state index in [9.17, 15) is 13.6 Å². The molecule has 0 radical (unpaired) electrons. The summed E-state index contributed by atoms with van der Waals surface area (Å²) < 4.78 is 28.2. The lowest BCUT2D eigenvalue weighted by Gasteiger charge is -2.31. The topological polar surface area (TPSA) is 55.1 Å². The third-order valence-electron chi connectivity index (χ3n) is 2.91. The number of carboxylic acid groups (broad SMARTS) is 1. The van der Waals surface area contributed by atoms with Crippen molar-refractivity contribution in [3.63, 3.8) is 0 Å². The number of carboxylic acids is 1. The second-order valence-electron chi connectivity index (χ2n) is 3.99. The number of carbonyl (C=O) groups is 1. The van der Waals surface area contributed by atoms with Gasteiger partial charge in [0.1, 0.15) is 11.7 Å². The number of hydrogen-bond donors (Lipinski definition) is 1. The molecule has 1 fully saturated rings. The van der Waals surface area contributed by atoms with Crippen molar-refractivity contribution in [3.05, 3.63) is 18.0 Å². The van der Waals surface area contributed by atoms with E-state index in [1.54, 1.807) is 0 Å². The third-order valence-corrected chi connectivity index (χ3v) is 2.91. The lowest BCUT2D eigenvalue weighted by Crippen LogP contribution is -2.36. The Bertz CT molecular complexity index is 403. The summed E-state index contributed by atoms with van der Waals surface area (Å²) in [5.74, 6) is -4.09. The van der Waals surface area contributed by atoms with Gasteiger partial charge in [-0.25, -0.2) is 18.3 Å². The number of aromatic nitrogens is 2. The fourth-order valence-electron chi connectivity index (χ4n) is 2.11. The van der Waals surface area contributed by atoms with Crippen molar-refractivity contribution in [1.29, 1.82) is 0 Å². The van der Waals surface area contributed by atoms with E-state index < -0.39 is 17.9 Å². The number of hydrogen-bond acceptors (Lipinski definition) is 2. The fourth-order valence-corrected chi connectivity index (χ4v) is 2.11. The largest absolute Gasteiger partial charge is 0.477 e. The zero-order valence-electron chi connectivity index (χ0n) is 8.57. The smallest absolute Gasteiger partial charge is 0.354 e. The normalized spacial score (nSPS) is 24.2. The van der Waals surface area contributed by atoms with Crippen molar-refractivity contribution in [1.82, 2.24) is 9.78 Å². The fraction of sp³-hybridized carbons (Fsp3) is 0.600. The van der Waals surface area contributed by atoms with Gasteiger partial charge in [0.05, 0.1) is 0 Å². The standard InChI is InChI=1S/C10H12F2N2O2/c11-10(12)5-2-1-3-8(10)14-7(9(15)16)4-6-13-14/h4,6,8H,1-3,5H2,(H,15,16). The van der Waals surface area contributed by atoms with Crippen LogP contribution in [-0.2, 0) is 0 Å². The quantitative estimate of drug-likeness (QED) is 0.848. The van der Waals surface area contributed by atoms with Crippen LogP contribution in [0.1, 0.15) is 42.2 Å². The highest BCUT2D eigenvalue weighted by Gasteiger charge is 2.44. The Morgan fingerprint density at radius 1 is 1.56 bits per heavy atom. The first-order chi connectivity index (χ1) is 7.52. The van der Waals surface area contributed by atoms with Crippen LogP contribution in [-0.4, -0.2) is 26.8 Å². The van der Waals surface area contributed by atoms with Gasteiger partial charge in [-0.3, -0.25) is 0 Å². The molecule has 1 atom stereocenters. The molecule has 1 saturated carbocycles. The molecule has 88 valence electrons. The van der Waals surface area contributed by atoms with Gasteiger partial charge in [-0.1, -0.05) is 6.42 Å². The highest BCUT2D eigenvalue weighted by molar-refractivity contribution is 5.85. The first-order valence-corrected chi connectivity index (χ1v) is 5.17. The molecule has 16 heavy (non-hydrogen) atoms. The zero-order chi connectivity index (χ0) is 11.8. The summed E-state index contributed by atoms with van der Waals surface area (Å²) in [6.45, 7) is 0. The lowest BCUT2D eigenvalue weighted by molar-refractivity contribution is -0.0824. The minimum Gasteiger partial charge on any atom is -0.477 e. The second kappa shape index (κ2) is 3.84. The minimum atomic E-state index is -2.87. The first-order valence-electron chi connectivity index (χ1n) is 5.17. The van der Waals surface area contributed by atoms with Crippen molar-refractivity contribution in [2.24, 2.45) is 0 Å². The van der Waals surface area contributed by atoms with E-state index in [4.69, 9.17) is 5.11 Å². The van der Waals surface area contributed by atoms with Crippen LogP contribution in [0.15, 0.2) is 12.3 Å². The average Bonchev–Trinajstić information content (AvgIpc) is 2.65. The van der Waals surface area contributed by atoms with Crippen LogP contribution in [0.3, 0.4) is 0 Å². The molecule has 0 amide bonds. The van der Waals surface area contributed by atoms with E-state index in [1.165, 1.54) is 12.3 Å². The van der Waals surface area contributed by atoms with Crippen molar-refractivity contribution in [2.45, 2.75) is 37.6 Å². The molecule has 6 heteroatoms. The molecule has 2 rings (SSSR count). The maximum atomic E-state index is 13.6. The molecular formula is C10H12F2N2O2. The molecule has 1 N–H and O–H groups in total. The molecule has 1 aliphatic carbocycles. The maximum Gasteiger partial charge on any atom is 0.354 e. The van der Waals surface area contributed by atoms with Crippen molar-refractivity contribution in [2.75, 3.05) is 0 Å². The van der Waals surface area contributed by atoms with E-state index >= 15 is 0 Å². The minimum absolute atomic E-state index is 0.174. The third kappa shape index (κ3) is 1.79. The number of rotatable bonds is 2. The van der Waals surface area contributed by atoms with Gasteiger partial charge in [-0.15, -0.1) is 0 Å². The molecule has 1 aliphatic rings. The highest BCUT2D eigenvalue weighted by atomic mass is 19.3. The summed E-state index contributed by atoms with van der Waals surface area (Å²) >= 11 is 0. The van der Waals surface area contributed by atoms with Gasteiger partial charge in [-0.05, 0) is 18.9 Å². The van der Waals surface area contributed by atoms with Gasteiger partial charge in [0.25, 0.3) is 5.92 Å². The van der Waals surface area contributed by atoms with Gasteiger partial charge in [-0.2, -0.15) is 5.10 Å². The Hall–Kier alpha value is -1.46. The number of halogens is 2. The van der Waals surface area contributed by atoms with Gasteiger partial charge >= 0.3 is 5.97 Å². The Labute approximate surface area is 90.9 Å². The molecule has 0 spiro atoms.